The molecule has 1 saturated heterocycles. The van der Waals surface area contributed by atoms with Gasteiger partial charge < -0.3 is 14.8 Å². The van der Waals surface area contributed by atoms with Gasteiger partial charge >= 0.3 is 6.09 Å². The summed E-state index contributed by atoms with van der Waals surface area (Å²) in [4.78, 5) is 24.4. The van der Waals surface area contributed by atoms with Gasteiger partial charge in [-0.25, -0.2) is 4.79 Å². The molecule has 6 heteroatoms. The smallest absolute Gasteiger partial charge is 0.410 e. The standard InChI is InChI=1S/C14H18N2O4/c1-16-12(9-20-14(16)18)13(17)15-7-6-10-4-3-5-11(8-10)19-2/h3-5,8,12H,6-7,9H2,1-2H3,(H,15,17). The summed E-state index contributed by atoms with van der Waals surface area (Å²) in [6, 6.07) is 7.16. The van der Waals surface area contributed by atoms with Crippen LogP contribution in [0, 0.1) is 0 Å². The van der Waals surface area contributed by atoms with E-state index in [-0.39, 0.29) is 12.5 Å². The molecule has 0 radical (unpaired) electrons. The molecule has 2 rings (SSSR count). The number of methoxy groups -OCH3 is 1. The molecule has 1 atom stereocenters. The quantitative estimate of drug-likeness (QED) is 0.865. The molecule has 1 aromatic carbocycles. The summed E-state index contributed by atoms with van der Waals surface area (Å²) in [5.41, 5.74) is 1.08. The second-order valence-electron chi connectivity index (χ2n) is 4.60. The monoisotopic (exact) mass is 278 g/mol. The molecule has 0 bridgehead atoms. The van der Waals surface area contributed by atoms with Gasteiger partial charge in [0.1, 0.15) is 18.4 Å². The van der Waals surface area contributed by atoms with Crippen LogP contribution in [0.15, 0.2) is 24.3 Å². The first-order chi connectivity index (χ1) is 9.61. The third-order valence-corrected chi connectivity index (χ3v) is 3.27. The van der Waals surface area contributed by atoms with Gasteiger partial charge in [0.15, 0.2) is 0 Å². The fourth-order valence-electron chi connectivity index (χ4n) is 2.02. The molecule has 0 aliphatic carbocycles. The molecule has 0 saturated carbocycles. The molecule has 108 valence electrons. The van der Waals surface area contributed by atoms with Crippen molar-refractivity contribution in [3.63, 3.8) is 0 Å². The lowest BCUT2D eigenvalue weighted by Crippen LogP contribution is -2.44. The van der Waals surface area contributed by atoms with E-state index in [0.717, 1.165) is 11.3 Å². The molecule has 1 aliphatic rings. The summed E-state index contributed by atoms with van der Waals surface area (Å²) >= 11 is 0. The zero-order valence-corrected chi connectivity index (χ0v) is 11.6. The Hall–Kier alpha value is -2.24. The van der Waals surface area contributed by atoms with Crippen molar-refractivity contribution in [1.82, 2.24) is 10.2 Å². The topological polar surface area (TPSA) is 67.9 Å². The summed E-state index contributed by atoms with van der Waals surface area (Å²) in [7, 11) is 3.18. The highest BCUT2D eigenvalue weighted by Gasteiger charge is 2.34. The molecule has 0 spiro atoms. The molecule has 1 heterocycles. The van der Waals surface area contributed by atoms with E-state index in [9.17, 15) is 9.59 Å². The Morgan fingerprint density at radius 2 is 2.35 bits per heavy atom. The average Bonchev–Trinajstić information content (AvgIpc) is 2.79. The second kappa shape index (κ2) is 6.27. The first-order valence-corrected chi connectivity index (χ1v) is 6.42. The van der Waals surface area contributed by atoms with E-state index >= 15 is 0 Å². The van der Waals surface area contributed by atoms with Gasteiger partial charge in [-0.2, -0.15) is 0 Å². The Labute approximate surface area is 117 Å². The van der Waals surface area contributed by atoms with Gasteiger partial charge in [-0.1, -0.05) is 12.1 Å². The normalized spacial score (nSPS) is 17.8. The van der Waals surface area contributed by atoms with E-state index in [1.54, 1.807) is 14.2 Å². The van der Waals surface area contributed by atoms with E-state index in [1.807, 2.05) is 24.3 Å². The van der Waals surface area contributed by atoms with Crippen molar-refractivity contribution in [1.29, 1.82) is 0 Å². The summed E-state index contributed by atoms with van der Waals surface area (Å²) < 4.78 is 9.94. The highest BCUT2D eigenvalue weighted by molar-refractivity contribution is 5.87. The van der Waals surface area contributed by atoms with Crippen LogP contribution in [0.2, 0.25) is 0 Å². The van der Waals surface area contributed by atoms with Crippen molar-refractivity contribution in [3.8, 4) is 5.75 Å². The largest absolute Gasteiger partial charge is 0.497 e. The highest BCUT2D eigenvalue weighted by atomic mass is 16.6. The predicted molar refractivity (Wildman–Crippen MR) is 72.6 cm³/mol. The van der Waals surface area contributed by atoms with Gasteiger partial charge in [0.2, 0.25) is 5.91 Å². The van der Waals surface area contributed by atoms with Gasteiger partial charge in [-0.05, 0) is 24.1 Å². The maximum atomic E-state index is 11.9. The summed E-state index contributed by atoms with van der Waals surface area (Å²) in [6.07, 6.45) is 0.242. The molecule has 1 aliphatic heterocycles. The minimum Gasteiger partial charge on any atom is -0.497 e. The molecule has 20 heavy (non-hydrogen) atoms. The highest BCUT2D eigenvalue weighted by Crippen LogP contribution is 2.13. The number of carbonyl (C=O) groups is 2. The molecule has 0 aromatic heterocycles. The van der Waals surface area contributed by atoms with E-state index in [2.05, 4.69) is 5.32 Å². The third kappa shape index (κ3) is 3.20. The molecule has 1 N–H and O–H groups in total. The Bertz CT molecular complexity index is 504. The Morgan fingerprint density at radius 3 is 3.00 bits per heavy atom. The zero-order chi connectivity index (χ0) is 14.5. The number of nitrogens with one attached hydrogen (secondary N) is 1. The summed E-state index contributed by atoms with van der Waals surface area (Å²) in [5.74, 6) is 0.601. The van der Waals surface area contributed by atoms with Gasteiger partial charge in [0.25, 0.3) is 0 Å². The lowest BCUT2D eigenvalue weighted by atomic mass is 10.1. The number of benzene rings is 1. The van der Waals surface area contributed by atoms with Crippen LogP contribution in [-0.2, 0) is 16.0 Å². The van der Waals surface area contributed by atoms with E-state index in [4.69, 9.17) is 9.47 Å². The second-order valence-corrected chi connectivity index (χ2v) is 4.60. The van der Waals surface area contributed by atoms with Gasteiger partial charge in [0, 0.05) is 13.6 Å². The Kier molecular flexibility index (Phi) is 4.45. The minimum atomic E-state index is -0.534. The maximum Gasteiger partial charge on any atom is 0.410 e. The van der Waals surface area contributed by atoms with E-state index in [0.29, 0.717) is 13.0 Å². The van der Waals surface area contributed by atoms with Crippen molar-refractivity contribution >= 4 is 12.0 Å². The van der Waals surface area contributed by atoms with Gasteiger partial charge in [-0.3, -0.25) is 9.69 Å². The van der Waals surface area contributed by atoms with Crippen LogP contribution in [-0.4, -0.2) is 50.3 Å². The van der Waals surface area contributed by atoms with Gasteiger partial charge in [0.05, 0.1) is 7.11 Å². The average molecular weight is 278 g/mol. The van der Waals surface area contributed by atoms with Crippen molar-refractivity contribution in [2.75, 3.05) is 27.3 Å². The molecule has 1 aromatic rings. The number of rotatable bonds is 5. The van der Waals surface area contributed by atoms with Crippen molar-refractivity contribution in [3.05, 3.63) is 29.8 Å². The first-order valence-electron chi connectivity index (χ1n) is 6.42. The predicted octanol–water partition coefficient (Wildman–Crippen LogP) is 0.804. The maximum absolute atomic E-state index is 11.9. The van der Waals surface area contributed by atoms with E-state index < -0.39 is 12.1 Å². The van der Waals surface area contributed by atoms with Crippen molar-refractivity contribution < 1.29 is 19.1 Å². The molecule has 2 amide bonds. The van der Waals surface area contributed by atoms with E-state index in [1.165, 1.54) is 4.90 Å². The number of carbonyl (C=O) groups excluding carboxylic acids is 2. The fourth-order valence-corrected chi connectivity index (χ4v) is 2.02. The summed E-state index contributed by atoms with van der Waals surface area (Å²) in [5, 5.41) is 2.81. The van der Waals surface area contributed by atoms with Crippen LogP contribution in [0.3, 0.4) is 0 Å². The molecular weight excluding hydrogens is 260 g/mol. The van der Waals surface area contributed by atoms with Crippen molar-refractivity contribution in [2.45, 2.75) is 12.5 Å². The van der Waals surface area contributed by atoms with Crippen molar-refractivity contribution in [2.24, 2.45) is 0 Å². The number of amides is 2. The molecule has 1 fully saturated rings. The number of ether oxygens (including phenoxy) is 2. The van der Waals surface area contributed by atoms with Crippen LogP contribution in [0.4, 0.5) is 4.79 Å². The number of hydrogen-bond donors (Lipinski definition) is 1. The van der Waals surface area contributed by atoms with Gasteiger partial charge in [-0.15, -0.1) is 0 Å². The zero-order valence-electron chi connectivity index (χ0n) is 11.6. The first kappa shape index (κ1) is 14.2. The van der Waals surface area contributed by atoms with Crippen LogP contribution < -0.4 is 10.1 Å². The van der Waals surface area contributed by atoms with Crippen LogP contribution in [0.25, 0.3) is 0 Å². The van der Waals surface area contributed by atoms with Crippen LogP contribution >= 0.6 is 0 Å². The minimum absolute atomic E-state index is 0.111. The van der Waals surface area contributed by atoms with Crippen LogP contribution in [0.1, 0.15) is 5.56 Å². The molecule has 6 nitrogen and oxygen atoms in total. The fraction of sp³-hybridized carbons (Fsp3) is 0.429. The molecular formula is C14H18N2O4. The SMILES string of the molecule is COc1cccc(CCNC(=O)C2COC(=O)N2C)c1. The molecule has 1 unspecified atom stereocenters. The Morgan fingerprint density at radius 1 is 1.55 bits per heavy atom. The lowest BCUT2D eigenvalue weighted by molar-refractivity contribution is -0.124. The number of hydrogen-bond acceptors (Lipinski definition) is 4. The van der Waals surface area contributed by atoms with Crippen LogP contribution in [0.5, 0.6) is 5.75 Å². The summed E-state index contributed by atoms with van der Waals surface area (Å²) in [6.45, 7) is 0.616. The number of nitrogens with zero attached hydrogens (tertiary/aromatic N) is 1. The Balaban J connectivity index is 1.80. The third-order valence-electron chi connectivity index (χ3n) is 3.27. The number of likely N-dealkylation sites (N-methyl/N-ethyl adjacent to an activating group) is 1. The number of cyclic esters (lactones) is 1. The lowest BCUT2D eigenvalue weighted by Gasteiger charge is -2.15.